The molecule has 32 heavy (non-hydrogen) atoms. The molecule has 9 nitrogen and oxygen atoms in total. The van der Waals surface area contributed by atoms with Crippen LogP contribution in [0.2, 0.25) is 0 Å². The fraction of sp³-hybridized carbons (Fsp3) is 0.545. The maximum absolute atomic E-state index is 14.3. The number of nitrogens with zero attached hydrogens (tertiary/aromatic N) is 3. The minimum Gasteiger partial charge on any atom is -0.444 e. The minimum absolute atomic E-state index is 0.0437. The van der Waals surface area contributed by atoms with Crippen LogP contribution in [0.25, 0.3) is 5.69 Å². The van der Waals surface area contributed by atoms with Crippen molar-refractivity contribution in [1.82, 2.24) is 25.0 Å². The number of H-pyrrole nitrogens is 1. The Morgan fingerprint density at radius 1 is 1.34 bits per heavy atom. The predicted octanol–water partition coefficient (Wildman–Crippen LogP) is 2.39. The number of halogens is 1. The molecule has 3 rings (SSSR count). The van der Waals surface area contributed by atoms with Crippen LogP contribution in [0, 0.1) is 11.7 Å². The summed E-state index contributed by atoms with van der Waals surface area (Å²) in [5, 5.41) is 9.06. The highest BCUT2D eigenvalue weighted by molar-refractivity contribution is 5.85. The summed E-state index contributed by atoms with van der Waals surface area (Å²) in [5.74, 6) is -0.254. The molecule has 1 fully saturated rings. The molecule has 1 aromatic carbocycles. The van der Waals surface area contributed by atoms with Crippen molar-refractivity contribution in [2.75, 3.05) is 13.1 Å². The molecule has 0 saturated carbocycles. The van der Waals surface area contributed by atoms with Crippen LogP contribution in [-0.2, 0) is 16.0 Å². The SMILES string of the molecule is C[C@@H](NC(=O)OC(C)(C)C)C(=O)N1CCC[C@H](Cc2n[nH]c(=O)n2-c2ccccc2F)C1. The molecule has 0 radical (unpaired) electrons. The van der Waals surface area contributed by atoms with Crippen molar-refractivity contribution in [2.24, 2.45) is 5.92 Å². The zero-order chi connectivity index (χ0) is 23.5. The number of hydrogen-bond donors (Lipinski definition) is 2. The van der Waals surface area contributed by atoms with Crippen molar-refractivity contribution in [3.8, 4) is 5.69 Å². The quantitative estimate of drug-likeness (QED) is 0.732. The molecule has 2 N–H and O–H groups in total. The van der Waals surface area contributed by atoms with Crippen LogP contribution in [0.15, 0.2) is 29.1 Å². The summed E-state index contributed by atoms with van der Waals surface area (Å²) >= 11 is 0. The van der Waals surface area contributed by atoms with Crippen LogP contribution in [0.3, 0.4) is 0 Å². The second-order valence-electron chi connectivity index (χ2n) is 9.10. The lowest BCUT2D eigenvalue weighted by molar-refractivity contribution is -0.134. The third kappa shape index (κ3) is 5.74. The maximum Gasteiger partial charge on any atom is 0.408 e. The smallest absolute Gasteiger partial charge is 0.408 e. The van der Waals surface area contributed by atoms with E-state index in [0.29, 0.717) is 25.3 Å². The molecule has 1 saturated heterocycles. The van der Waals surface area contributed by atoms with Gasteiger partial charge in [0.2, 0.25) is 5.91 Å². The van der Waals surface area contributed by atoms with E-state index in [1.165, 1.54) is 16.7 Å². The molecule has 2 heterocycles. The highest BCUT2D eigenvalue weighted by Gasteiger charge is 2.30. The van der Waals surface area contributed by atoms with E-state index < -0.39 is 29.2 Å². The number of nitrogens with one attached hydrogen (secondary N) is 2. The molecule has 1 aliphatic heterocycles. The summed E-state index contributed by atoms with van der Waals surface area (Å²) in [4.78, 5) is 38.8. The second-order valence-corrected chi connectivity index (χ2v) is 9.10. The normalized spacial score (nSPS) is 17.7. The molecule has 0 bridgehead atoms. The molecule has 1 aromatic heterocycles. The molecule has 10 heteroatoms. The highest BCUT2D eigenvalue weighted by Crippen LogP contribution is 2.22. The number of benzene rings is 1. The van der Waals surface area contributed by atoms with Gasteiger partial charge in [-0.3, -0.25) is 4.79 Å². The van der Waals surface area contributed by atoms with Gasteiger partial charge in [0.1, 0.15) is 23.3 Å². The Morgan fingerprint density at radius 3 is 2.75 bits per heavy atom. The van der Waals surface area contributed by atoms with Gasteiger partial charge in [0, 0.05) is 19.5 Å². The molecular weight excluding hydrogens is 417 g/mol. The zero-order valence-corrected chi connectivity index (χ0v) is 18.9. The molecule has 174 valence electrons. The second kappa shape index (κ2) is 9.54. The summed E-state index contributed by atoms with van der Waals surface area (Å²) in [6.07, 6.45) is 1.39. The van der Waals surface area contributed by atoms with Crippen molar-refractivity contribution in [2.45, 2.75) is 58.6 Å². The maximum atomic E-state index is 14.3. The average molecular weight is 448 g/mol. The summed E-state index contributed by atoms with van der Waals surface area (Å²) in [6.45, 7) is 7.92. The van der Waals surface area contributed by atoms with Gasteiger partial charge in [-0.2, -0.15) is 5.10 Å². The largest absolute Gasteiger partial charge is 0.444 e. The van der Waals surface area contributed by atoms with E-state index in [1.54, 1.807) is 44.7 Å². The van der Waals surface area contributed by atoms with E-state index in [-0.39, 0.29) is 17.5 Å². The van der Waals surface area contributed by atoms with Gasteiger partial charge in [-0.15, -0.1) is 0 Å². The standard InChI is InChI=1S/C22H30FN5O4/c1-14(24-21(31)32-22(2,3)4)19(29)27-11-7-8-15(13-27)12-18-25-26-20(30)28(18)17-10-6-5-9-16(17)23/h5-6,9-10,14-15H,7-8,11-13H2,1-4H3,(H,24,31)(H,26,30)/t14-,15-/m1/s1. The fourth-order valence-electron chi connectivity index (χ4n) is 3.86. The number of alkyl carbamates (subject to hydrolysis) is 1. The van der Waals surface area contributed by atoms with Gasteiger partial charge in [-0.05, 0) is 58.6 Å². The van der Waals surface area contributed by atoms with Crippen molar-refractivity contribution < 1.29 is 18.7 Å². The Morgan fingerprint density at radius 2 is 2.06 bits per heavy atom. The number of aromatic nitrogens is 3. The third-order valence-electron chi connectivity index (χ3n) is 5.24. The number of para-hydroxylation sites is 1. The van der Waals surface area contributed by atoms with E-state index in [4.69, 9.17) is 4.74 Å². The summed E-state index contributed by atoms with van der Waals surface area (Å²) in [5.41, 5.74) is -1.02. The number of carbonyl (C=O) groups excluding carboxylic acids is 2. The Balaban J connectivity index is 1.66. The molecule has 2 aromatic rings. The van der Waals surface area contributed by atoms with Crippen LogP contribution in [0.1, 0.15) is 46.4 Å². The summed E-state index contributed by atoms with van der Waals surface area (Å²) < 4.78 is 20.7. The van der Waals surface area contributed by atoms with Crippen LogP contribution in [0.5, 0.6) is 0 Å². The molecule has 2 atom stereocenters. The monoisotopic (exact) mass is 447 g/mol. The fourth-order valence-corrected chi connectivity index (χ4v) is 3.86. The van der Waals surface area contributed by atoms with Crippen molar-refractivity contribution in [3.05, 3.63) is 46.4 Å². The molecule has 0 unspecified atom stereocenters. The van der Waals surface area contributed by atoms with Gasteiger partial charge < -0.3 is 15.0 Å². The van der Waals surface area contributed by atoms with Crippen molar-refractivity contribution in [1.29, 1.82) is 0 Å². The summed E-state index contributed by atoms with van der Waals surface area (Å²) in [7, 11) is 0. The van der Waals surface area contributed by atoms with Crippen molar-refractivity contribution in [3.63, 3.8) is 0 Å². The average Bonchev–Trinajstić information content (AvgIpc) is 3.06. The van der Waals surface area contributed by atoms with Gasteiger partial charge in [-0.25, -0.2) is 23.6 Å². The molecule has 1 aliphatic rings. The molecule has 0 aliphatic carbocycles. The predicted molar refractivity (Wildman–Crippen MR) is 116 cm³/mol. The van der Waals surface area contributed by atoms with Gasteiger partial charge in [0.05, 0.1) is 5.69 Å². The Labute approximate surface area is 185 Å². The van der Waals surface area contributed by atoms with Gasteiger partial charge in [0.15, 0.2) is 0 Å². The lowest BCUT2D eigenvalue weighted by Crippen LogP contribution is -2.51. The first-order chi connectivity index (χ1) is 15.0. The van der Waals surface area contributed by atoms with E-state index in [2.05, 4.69) is 15.5 Å². The van der Waals surface area contributed by atoms with Crippen LogP contribution >= 0.6 is 0 Å². The van der Waals surface area contributed by atoms with Gasteiger partial charge in [0.25, 0.3) is 0 Å². The molecule has 2 amide bonds. The Hall–Kier alpha value is -3.17. The van der Waals surface area contributed by atoms with Crippen LogP contribution in [-0.4, -0.2) is 56.4 Å². The minimum atomic E-state index is -0.731. The first kappa shape index (κ1) is 23.5. The lowest BCUT2D eigenvalue weighted by atomic mass is 9.94. The first-order valence-electron chi connectivity index (χ1n) is 10.7. The number of ether oxygens (including phenoxy) is 1. The number of amides is 2. The van der Waals surface area contributed by atoms with Crippen LogP contribution in [0.4, 0.5) is 9.18 Å². The summed E-state index contributed by atoms with van der Waals surface area (Å²) in [6, 6.07) is 5.29. The Bertz CT molecular complexity index is 1030. The third-order valence-corrected chi connectivity index (χ3v) is 5.24. The van der Waals surface area contributed by atoms with E-state index >= 15 is 0 Å². The highest BCUT2D eigenvalue weighted by atomic mass is 19.1. The number of hydrogen-bond acceptors (Lipinski definition) is 5. The number of piperidine rings is 1. The molecule has 0 spiro atoms. The van der Waals surface area contributed by atoms with E-state index in [1.807, 2.05) is 0 Å². The number of rotatable bonds is 5. The lowest BCUT2D eigenvalue weighted by Gasteiger charge is -2.34. The Kier molecular flexibility index (Phi) is 7.00. The molecular formula is C22H30FN5O4. The van der Waals surface area contributed by atoms with E-state index in [9.17, 15) is 18.8 Å². The number of carbonyl (C=O) groups is 2. The van der Waals surface area contributed by atoms with Gasteiger partial charge >= 0.3 is 11.8 Å². The van der Waals surface area contributed by atoms with Crippen LogP contribution < -0.4 is 11.0 Å². The van der Waals surface area contributed by atoms with Gasteiger partial charge in [-0.1, -0.05) is 12.1 Å². The number of likely N-dealkylation sites (tertiary alicyclic amines) is 1. The van der Waals surface area contributed by atoms with E-state index in [0.717, 1.165) is 12.8 Å². The number of aromatic amines is 1. The first-order valence-corrected chi connectivity index (χ1v) is 10.7. The zero-order valence-electron chi connectivity index (χ0n) is 18.9. The topological polar surface area (TPSA) is 109 Å². The van der Waals surface area contributed by atoms with Crippen molar-refractivity contribution >= 4 is 12.0 Å².